The second-order valence-corrected chi connectivity index (χ2v) is 7.91. The summed E-state index contributed by atoms with van der Waals surface area (Å²) in [6.45, 7) is 3.98. The molecule has 1 nitrogen and oxygen atoms in total. The molecule has 0 aliphatic carbocycles. The first-order valence-electron chi connectivity index (χ1n) is 6.28. The summed E-state index contributed by atoms with van der Waals surface area (Å²) >= 11 is 0. The van der Waals surface area contributed by atoms with E-state index >= 15 is 0 Å². The zero-order valence-electron chi connectivity index (χ0n) is 11.4. The topological polar surface area (TPSA) is 26.0 Å². The van der Waals surface area contributed by atoms with Crippen molar-refractivity contribution < 1.29 is 0 Å². The van der Waals surface area contributed by atoms with E-state index in [9.17, 15) is 0 Å². The molecule has 2 heteroatoms. The van der Waals surface area contributed by atoms with E-state index in [1.807, 2.05) is 6.92 Å². The van der Waals surface area contributed by atoms with E-state index in [-0.39, 0.29) is 0 Å². The van der Waals surface area contributed by atoms with Crippen molar-refractivity contribution in [2.75, 3.05) is 6.26 Å². The van der Waals surface area contributed by atoms with Gasteiger partial charge in [0.2, 0.25) is 0 Å². The molecular formula is C17H17NS. The third-order valence-corrected chi connectivity index (χ3v) is 6.09. The minimum absolute atomic E-state index is 1.05. The van der Waals surface area contributed by atoms with Crippen molar-refractivity contribution in [2.24, 2.45) is 5.14 Å². The molecule has 2 N–H and O–H groups in total. The van der Waals surface area contributed by atoms with E-state index in [1.165, 1.54) is 26.5 Å². The number of benzene rings is 2. The van der Waals surface area contributed by atoms with Crippen molar-refractivity contribution in [2.45, 2.75) is 23.6 Å². The number of nitrogens with two attached hydrogens (primary N) is 1. The minimum atomic E-state index is -1.40. The van der Waals surface area contributed by atoms with Crippen LogP contribution < -0.4 is 5.14 Å². The highest BCUT2D eigenvalue weighted by atomic mass is 32.3. The van der Waals surface area contributed by atoms with Crippen LogP contribution in [0.1, 0.15) is 18.1 Å². The third-order valence-electron chi connectivity index (χ3n) is 3.59. The molecule has 1 unspecified atom stereocenters. The summed E-state index contributed by atoms with van der Waals surface area (Å²) in [6, 6.07) is 13.0. The van der Waals surface area contributed by atoms with Gasteiger partial charge in [0.15, 0.2) is 0 Å². The SMILES string of the molecule is CC#Cc1ccc2c(c1)S(C)(N)c1cc(C)ccc1-2. The van der Waals surface area contributed by atoms with Crippen molar-refractivity contribution >= 4 is 10.2 Å². The molecule has 2 aromatic rings. The van der Waals surface area contributed by atoms with Gasteiger partial charge in [0.1, 0.15) is 0 Å². The maximum atomic E-state index is 6.67. The molecule has 3 rings (SSSR count). The Labute approximate surface area is 116 Å². The summed E-state index contributed by atoms with van der Waals surface area (Å²) < 4.78 is 0. The molecule has 96 valence electrons. The van der Waals surface area contributed by atoms with Crippen LogP contribution in [-0.2, 0) is 0 Å². The van der Waals surface area contributed by atoms with Gasteiger partial charge in [-0.05, 0) is 55.0 Å². The molecular weight excluding hydrogens is 250 g/mol. The molecule has 1 aliphatic heterocycles. The Morgan fingerprint density at radius 1 is 1.00 bits per heavy atom. The van der Waals surface area contributed by atoms with E-state index in [1.54, 1.807) is 0 Å². The van der Waals surface area contributed by atoms with Crippen molar-refractivity contribution in [3.8, 4) is 23.0 Å². The maximum absolute atomic E-state index is 6.67. The Bertz CT molecular complexity index is 733. The van der Waals surface area contributed by atoms with E-state index in [2.05, 4.69) is 61.4 Å². The van der Waals surface area contributed by atoms with Crippen LogP contribution in [0.2, 0.25) is 0 Å². The summed E-state index contributed by atoms with van der Waals surface area (Å²) in [6.07, 6.45) is 2.17. The fourth-order valence-electron chi connectivity index (χ4n) is 2.64. The number of rotatable bonds is 0. The zero-order chi connectivity index (χ0) is 13.6. The predicted octanol–water partition coefficient (Wildman–Crippen LogP) is 4.07. The highest BCUT2D eigenvalue weighted by Gasteiger charge is 2.32. The van der Waals surface area contributed by atoms with E-state index < -0.39 is 10.2 Å². The molecule has 0 radical (unpaired) electrons. The molecule has 1 heterocycles. The molecule has 1 atom stereocenters. The van der Waals surface area contributed by atoms with Crippen LogP contribution in [0.5, 0.6) is 0 Å². The summed E-state index contributed by atoms with van der Waals surface area (Å²) in [5.74, 6) is 6.07. The summed E-state index contributed by atoms with van der Waals surface area (Å²) in [7, 11) is -1.40. The van der Waals surface area contributed by atoms with Gasteiger partial charge in [-0.3, -0.25) is 5.14 Å². The number of aryl methyl sites for hydroxylation is 1. The van der Waals surface area contributed by atoms with Crippen molar-refractivity contribution in [3.05, 3.63) is 47.5 Å². The highest BCUT2D eigenvalue weighted by Crippen LogP contribution is 2.64. The fraction of sp³-hybridized carbons (Fsp3) is 0.176. The second-order valence-electron chi connectivity index (χ2n) is 5.07. The van der Waals surface area contributed by atoms with E-state index in [4.69, 9.17) is 5.14 Å². The molecule has 0 saturated heterocycles. The van der Waals surface area contributed by atoms with Gasteiger partial charge < -0.3 is 0 Å². The first-order valence-corrected chi connectivity index (χ1v) is 8.38. The molecule has 0 spiro atoms. The van der Waals surface area contributed by atoms with Crippen LogP contribution in [0.15, 0.2) is 46.2 Å². The Balaban J connectivity index is 2.29. The van der Waals surface area contributed by atoms with Gasteiger partial charge >= 0.3 is 0 Å². The lowest BCUT2D eigenvalue weighted by Gasteiger charge is -2.28. The quantitative estimate of drug-likeness (QED) is 0.715. The molecule has 19 heavy (non-hydrogen) atoms. The van der Waals surface area contributed by atoms with Crippen LogP contribution in [0.3, 0.4) is 0 Å². The first kappa shape index (κ1) is 12.3. The standard InChI is InChI=1S/C17H17NS/c1-4-5-13-7-9-15-14-8-6-12(2)10-16(14)19(3,18)17(15)11-13/h6-11H,18H2,1-3H3. The van der Waals surface area contributed by atoms with Crippen LogP contribution >= 0.6 is 10.2 Å². The zero-order valence-corrected chi connectivity index (χ0v) is 12.3. The van der Waals surface area contributed by atoms with Crippen LogP contribution in [-0.4, -0.2) is 6.26 Å². The number of fused-ring (bicyclic) bond motifs is 3. The predicted molar refractivity (Wildman–Crippen MR) is 83.4 cm³/mol. The average Bonchev–Trinajstić information content (AvgIpc) is 2.59. The van der Waals surface area contributed by atoms with Crippen molar-refractivity contribution in [3.63, 3.8) is 0 Å². The largest absolute Gasteiger partial charge is 0.287 e. The van der Waals surface area contributed by atoms with Gasteiger partial charge in [0.25, 0.3) is 0 Å². The summed E-state index contributed by atoms with van der Waals surface area (Å²) in [5, 5.41) is 6.67. The Hall–Kier alpha value is -1.69. The van der Waals surface area contributed by atoms with E-state index in [0.717, 1.165) is 5.56 Å². The molecule has 0 fully saturated rings. The first-order chi connectivity index (χ1) is 9.04. The molecule has 0 bridgehead atoms. The Morgan fingerprint density at radius 3 is 2.32 bits per heavy atom. The van der Waals surface area contributed by atoms with Gasteiger partial charge in [-0.1, -0.05) is 24.1 Å². The summed E-state index contributed by atoms with van der Waals surface area (Å²) in [5.41, 5.74) is 4.88. The average molecular weight is 267 g/mol. The Morgan fingerprint density at radius 2 is 1.63 bits per heavy atom. The normalized spacial score (nSPS) is 22.7. The minimum Gasteiger partial charge on any atom is -0.287 e. The van der Waals surface area contributed by atoms with Gasteiger partial charge in [-0.15, -0.1) is 16.1 Å². The van der Waals surface area contributed by atoms with Gasteiger partial charge in [-0.2, -0.15) is 0 Å². The fourth-order valence-corrected chi connectivity index (χ4v) is 4.95. The van der Waals surface area contributed by atoms with Gasteiger partial charge in [-0.25, -0.2) is 0 Å². The molecule has 0 aromatic heterocycles. The second kappa shape index (κ2) is 4.16. The third kappa shape index (κ3) is 1.78. The molecule has 1 aliphatic rings. The van der Waals surface area contributed by atoms with Gasteiger partial charge in [0, 0.05) is 15.4 Å². The van der Waals surface area contributed by atoms with Crippen LogP contribution in [0, 0.1) is 18.8 Å². The Kier molecular flexibility index (Phi) is 2.70. The van der Waals surface area contributed by atoms with E-state index in [0.29, 0.717) is 0 Å². The molecule has 2 aromatic carbocycles. The monoisotopic (exact) mass is 267 g/mol. The molecule has 0 saturated carbocycles. The van der Waals surface area contributed by atoms with Crippen molar-refractivity contribution in [1.29, 1.82) is 0 Å². The van der Waals surface area contributed by atoms with Crippen LogP contribution in [0.25, 0.3) is 11.1 Å². The lowest BCUT2D eigenvalue weighted by molar-refractivity contribution is 1.36. The maximum Gasteiger partial charge on any atom is 0.0256 e. The summed E-state index contributed by atoms with van der Waals surface area (Å²) in [4.78, 5) is 2.55. The van der Waals surface area contributed by atoms with Crippen LogP contribution in [0.4, 0.5) is 0 Å². The highest BCUT2D eigenvalue weighted by molar-refractivity contribution is 8.31. The smallest absolute Gasteiger partial charge is 0.0256 e. The number of hydrogen-bond donors (Lipinski definition) is 1. The lowest BCUT2D eigenvalue weighted by Crippen LogP contribution is -2.07. The lowest BCUT2D eigenvalue weighted by atomic mass is 10.0. The van der Waals surface area contributed by atoms with Gasteiger partial charge in [0.05, 0.1) is 0 Å². The molecule has 0 amide bonds. The van der Waals surface area contributed by atoms with Crippen molar-refractivity contribution in [1.82, 2.24) is 0 Å². The number of hydrogen-bond acceptors (Lipinski definition) is 1.